The van der Waals surface area contributed by atoms with Gasteiger partial charge in [-0.2, -0.15) is 0 Å². The lowest BCUT2D eigenvalue weighted by Gasteiger charge is -2.11. The molecule has 116 valence electrons. The Balaban J connectivity index is 2.40. The Morgan fingerprint density at radius 3 is 2.59 bits per heavy atom. The number of benzene rings is 2. The highest BCUT2D eigenvalue weighted by Gasteiger charge is 2.19. The van der Waals surface area contributed by atoms with Gasteiger partial charge in [-0.15, -0.1) is 0 Å². The fourth-order valence-electron chi connectivity index (χ4n) is 1.86. The molecule has 4 nitrogen and oxygen atoms in total. The molecule has 0 aromatic heterocycles. The fourth-order valence-corrected chi connectivity index (χ4v) is 3.08. The van der Waals surface area contributed by atoms with Crippen molar-refractivity contribution in [1.29, 1.82) is 0 Å². The normalized spacial score (nSPS) is 11.2. The Hall–Kier alpha value is -1.92. The molecule has 0 spiro atoms. The summed E-state index contributed by atoms with van der Waals surface area (Å²) in [4.78, 5) is 12.1. The number of hydrogen-bond acceptors (Lipinski definition) is 3. The van der Waals surface area contributed by atoms with E-state index in [4.69, 9.17) is 11.6 Å². The highest BCUT2D eigenvalue weighted by molar-refractivity contribution is 7.91. The summed E-state index contributed by atoms with van der Waals surface area (Å²) in [6.45, 7) is 1.50. The first-order valence-electron chi connectivity index (χ1n) is 6.43. The quantitative estimate of drug-likeness (QED) is 0.925. The van der Waals surface area contributed by atoms with Crippen LogP contribution in [0, 0.1) is 5.82 Å². The zero-order valence-corrected chi connectivity index (χ0v) is 13.2. The maximum atomic E-state index is 13.7. The topological polar surface area (TPSA) is 63.2 Å². The number of rotatable bonds is 4. The zero-order valence-electron chi connectivity index (χ0n) is 11.6. The molecule has 0 saturated carbocycles. The third kappa shape index (κ3) is 3.45. The first kappa shape index (κ1) is 16.5. The number of carbonyl (C=O) groups excluding carboxylic acids is 1. The van der Waals surface area contributed by atoms with E-state index in [9.17, 15) is 17.6 Å². The van der Waals surface area contributed by atoms with Gasteiger partial charge in [0.1, 0.15) is 5.82 Å². The molecular weight excluding hydrogens is 329 g/mol. The summed E-state index contributed by atoms with van der Waals surface area (Å²) in [6, 6.07) is 9.56. The second-order valence-electron chi connectivity index (χ2n) is 4.48. The van der Waals surface area contributed by atoms with Crippen LogP contribution in [0.25, 0.3) is 0 Å². The van der Waals surface area contributed by atoms with Crippen molar-refractivity contribution >= 4 is 33.0 Å². The maximum Gasteiger partial charge on any atom is 0.258 e. The van der Waals surface area contributed by atoms with Gasteiger partial charge in [0, 0.05) is 5.02 Å². The summed E-state index contributed by atoms with van der Waals surface area (Å²) in [6.07, 6.45) is 0. The Labute approximate surface area is 132 Å². The molecule has 22 heavy (non-hydrogen) atoms. The van der Waals surface area contributed by atoms with Crippen LogP contribution in [0.1, 0.15) is 17.3 Å². The van der Waals surface area contributed by atoms with Crippen molar-refractivity contribution in [3.63, 3.8) is 0 Å². The van der Waals surface area contributed by atoms with Gasteiger partial charge in [0.2, 0.25) is 0 Å². The number of halogens is 2. The van der Waals surface area contributed by atoms with E-state index in [2.05, 4.69) is 5.32 Å². The van der Waals surface area contributed by atoms with Crippen molar-refractivity contribution in [3.8, 4) is 0 Å². The monoisotopic (exact) mass is 341 g/mol. The number of hydrogen-bond donors (Lipinski definition) is 1. The Morgan fingerprint density at radius 2 is 1.91 bits per heavy atom. The lowest BCUT2D eigenvalue weighted by atomic mass is 10.2. The molecule has 7 heteroatoms. The second-order valence-corrected chi connectivity index (χ2v) is 7.16. The molecule has 2 aromatic rings. The molecule has 0 saturated heterocycles. The van der Waals surface area contributed by atoms with Crippen LogP contribution in [-0.2, 0) is 9.84 Å². The summed E-state index contributed by atoms with van der Waals surface area (Å²) in [5, 5.41) is 2.63. The van der Waals surface area contributed by atoms with E-state index in [0.717, 1.165) is 6.07 Å². The molecule has 0 bridgehead atoms. The van der Waals surface area contributed by atoms with Crippen molar-refractivity contribution in [2.24, 2.45) is 0 Å². The van der Waals surface area contributed by atoms with E-state index < -0.39 is 21.6 Å². The molecule has 0 aliphatic heterocycles. The minimum absolute atomic E-state index is 0.00622. The molecule has 2 aromatic carbocycles. The predicted octanol–water partition coefficient (Wildman–Crippen LogP) is 3.53. The van der Waals surface area contributed by atoms with Crippen molar-refractivity contribution in [3.05, 3.63) is 58.9 Å². The molecule has 0 aliphatic rings. The van der Waals surface area contributed by atoms with E-state index in [0.29, 0.717) is 0 Å². The summed E-state index contributed by atoms with van der Waals surface area (Å²) < 4.78 is 37.7. The van der Waals surface area contributed by atoms with Gasteiger partial charge in [0.15, 0.2) is 9.84 Å². The van der Waals surface area contributed by atoms with Gasteiger partial charge < -0.3 is 5.32 Å². The smallest absolute Gasteiger partial charge is 0.258 e. The molecule has 0 unspecified atom stereocenters. The summed E-state index contributed by atoms with van der Waals surface area (Å²) in [7, 11) is -3.51. The van der Waals surface area contributed by atoms with Gasteiger partial charge in [-0.25, -0.2) is 12.8 Å². The molecular formula is C15H13ClFNO3S. The second kappa shape index (κ2) is 6.46. The molecule has 0 radical (unpaired) electrons. The Morgan fingerprint density at radius 1 is 1.23 bits per heavy atom. The SMILES string of the molecule is CCS(=O)(=O)c1ccccc1NC(=O)c1cc(Cl)ccc1F. The van der Waals surface area contributed by atoms with E-state index in [1.165, 1.54) is 31.2 Å². The molecule has 0 atom stereocenters. The Kier molecular flexibility index (Phi) is 4.83. The third-order valence-corrected chi connectivity index (χ3v) is 5.04. The number of para-hydroxylation sites is 1. The summed E-state index contributed by atoms with van der Waals surface area (Å²) >= 11 is 5.75. The summed E-state index contributed by atoms with van der Waals surface area (Å²) in [5.74, 6) is -1.61. The largest absolute Gasteiger partial charge is 0.321 e. The van der Waals surface area contributed by atoms with Gasteiger partial charge in [-0.05, 0) is 30.3 Å². The standard InChI is InChI=1S/C15H13ClFNO3S/c1-2-22(20,21)14-6-4-3-5-13(14)18-15(19)11-9-10(16)7-8-12(11)17/h3-9H,2H2,1H3,(H,18,19). The highest BCUT2D eigenvalue weighted by atomic mass is 35.5. The van der Waals surface area contributed by atoms with Crippen molar-refractivity contribution in [2.75, 3.05) is 11.1 Å². The van der Waals surface area contributed by atoms with Crippen LogP contribution < -0.4 is 5.32 Å². The maximum absolute atomic E-state index is 13.7. The zero-order chi connectivity index (χ0) is 16.3. The van der Waals surface area contributed by atoms with E-state index in [1.54, 1.807) is 12.1 Å². The number of sulfone groups is 1. The summed E-state index contributed by atoms with van der Waals surface area (Å²) in [5.41, 5.74) is -0.148. The van der Waals surface area contributed by atoms with Gasteiger partial charge in [-0.3, -0.25) is 4.79 Å². The minimum atomic E-state index is -3.51. The number of amides is 1. The first-order valence-corrected chi connectivity index (χ1v) is 8.46. The molecule has 1 amide bonds. The van der Waals surface area contributed by atoms with Crippen LogP contribution in [0.4, 0.5) is 10.1 Å². The molecule has 2 rings (SSSR count). The number of nitrogens with one attached hydrogen (secondary N) is 1. The average Bonchev–Trinajstić information content (AvgIpc) is 2.50. The lowest BCUT2D eigenvalue weighted by Crippen LogP contribution is -2.16. The van der Waals surface area contributed by atoms with E-state index in [1.807, 2.05) is 0 Å². The predicted molar refractivity (Wildman–Crippen MR) is 83.5 cm³/mol. The fraction of sp³-hybridized carbons (Fsp3) is 0.133. The van der Waals surface area contributed by atoms with Crippen molar-refractivity contribution in [1.82, 2.24) is 0 Å². The van der Waals surface area contributed by atoms with Gasteiger partial charge >= 0.3 is 0 Å². The van der Waals surface area contributed by atoms with Crippen LogP contribution in [0.15, 0.2) is 47.4 Å². The minimum Gasteiger partial charge on any atom is -0.321 e. The van der Waals surface area contributed by atoms with Crippen LogP contribution >= 0.6 is 11.6 Å². The first-order chi connectivity index (χ1) is 10.3. The van der Waals surface area contributed by atoms with Gasteiger partial charge in [0.25, 0.3) is 5.91 Å². The van der Waals surface area contributed by atoms with Crippen LogP contribution in [0.3, 0.4) is 0 Å². The Bertz CT molecular complexity index is 821. The number of carbonyl (C=O) groups is 1. The molecule has 0 fully saturated rings. The van der Waals surface area contributed by atoms with Gasteiger partial charge in [0.05, 0.1) is 21.9 Å². The van der Waals surface area contributed by atoms with E-state index >= 15 is 0 Å². The van der Waals surface area contributed by atoms with Crippen LogP contribution in [-0.4, -0.2) is 20.1 Å². The number of anilines is 1. The molecule has 0 aliphatic carbocycles. The third-order valence-electron chi connectivity index (χ3n) is 3.02. The van der Waals surface area contributed by atoms with Crippen molar-refractivity contribution in [2.45, 2.75) is 11.8 Å². The molecule has 0 heterocycles. The van der Waals surface area contributed by atoms with Crippen molar-refractivity contribution < 1.29 is 17.6 Å². The van der Waals surface area contributed by atoms with Crippen LogP contribution in [0.2, 0.25) is 5.02 Å². The average molecular weight is 342 g/mol. The lowest BCUT2D eigenvalue weighted by molar-refractivity contribution is 0.102. The van der Waals surface area contributed by atoms with E-state index in [-0.39, 0.29) is 26.9 Å². The van der Waals surface area contributed by atoms with Gasteiger partial charge in [-0.1, -0.05) is 30.7 Å². The molecule has 1 N–H and O–H groups in total. The van der Waals surface area contributed by atoms with Crippen LogP contribution in [0.5, 0.6) is 0 Å². The highest BCUT2D eigenvalue weighted by Crippen LogP contribution is 2.23.